The Morgan fingerprint density at radius 3 is 2.41 bits per heavy atom. The molecule has 216 valence electrons. The second-order valence-corrected chi connectivity index (χ2v) is 11.2. The fraction of sp³-hybridized carbons (Fsp3) is 0.542. The summed E-state index contributed by atoms with van der Waals surface area (Å²) in [6, 6.07) is 5.05. The Morgan fingerprint density at radius 2 is 1.82 bits per heavy atom. The van der Waals surface area contributed by atoms with Crippen LogP contribution in [-0.2, 0) is 16.5 Å². The Kier molecular flexibility index (Phi) is 8.34. The van der Waals surface area contributed by atoms with Crippen molar-refractivity contribution in [1.29, 1.82) is 0 Å². The Labute approximate surface area is 221 Å². The van der Waals surface area contributed by atoms with Gasteiger partial charge in [0, 0.05) is 25.7 Å². The topological polar surface area (TPSA) is 74.8 Å². The largest absolute Gasteiger partial charge is 0.534 e. The molecule has 0 aliphatic carbocycles. The maximum absolute atomic E-state index is 13.5. The van der Waals surface area contributed by atoms with Gasteiger partial charge >= 0.3 is 21.8 Å². The van der Waals surface area contributed by atoms with Crippen LogP contribution in [0.25, 0.3) is 0 Å². The summed E-state index contributed by atoms with van der Waals surface area (Å²) < 4.78 is 118. The molecule has 0 spiro atoms. The van der Waals surface area contributed by atoms with E-state index in [9.17, 15) is 39.2 Å². The zero-order valence-electron chi connectivity index (χ0n) is 20.8. The molecule has 1 aromatic carbocycles. The SMILES string of the molecule is C[C@@H]1Cc2cc(OS(=O)(=O)C(F)(F)F)ccc2C(c2ccc(NC3CN(CCCF)C3)cn2)N1CC(F)(F)F. The lowest BCUT2D eigenvalue weighted by Gasteiger charge is -2.42. The Morgan fingerprint density at radius 1 is 1.10 bits per heavy atom. The minimum atomic E-state index is -5.91. The number of likely N-dealkylation sites (tertiary alicyclic amines) is 1. The molecule has 15 heteroatoms. The molecule has 7 nitrogen and oxygen atoms in total. The third-order valence-electron chi connectivity index (χ3n) is 6.68. The molecular weight excluding hydrogens is 557 g/mol. The van der Waals surface area contributed by atoms with E-state index in [-0.39, 0.29) is 24.8 Å². The molecule has 39 heavy (non-hydrogen) atoms. The number of nitrogens with zero attached hydrogens (tertiary/aromatic N) is 3. The molecular formula is C24H27F7N4O3S. The summed E-state index contributed by atoms with van der Waals surface area (Å²) in [7, 11) is -5.91. The molecule has 3 heterocycles. The van der Waals surface area contributed by atoms with E-state index in [1.54, 1.807) is 19.1 Å². The summed E-state index contributed by atoms with van der Waals surface area (Å²) in [5.74, 6) is -0.588. The van der Waals surface area contributed by atoms with Crippen molar-refractivity contribution in [3.05, 3.63) is 53.3 Å². The smallest absolute Gasteiger partial charge is 0.378 e. The number of aromatic nitrogens is 1. The van der Waals surface area contributed by atoms with Crippen molar-refractivity contribution in [1.82, 2.24) is 14.8 Å². The number of pyridine rings is 1. The minimum absolute atomic E-state index is 0.0193. The highest BCUT2D eigenvalue weighted by molar-refractivity contribution is 7.88. The number of fused-ring (bicyclic) bond motifs is 1. The van der Waals surface area contributed by atoms with Crippen LogP contribution in [0.2, 0.25) is 0 Å². The van der Waals surface area contributed by atoms with Gasteiger partial charge in [-0.2, -0.15) is 34.8 Å². The third-order valence-corrected chi connectivity index (χ3v) is 7.65. The van der Waals surface area contributed by atoms with Crippen LogP contribution in [0.15, 0.2) is 36.5 Å². The van der Waals surface area contributed by atoms with E-state index in [2.05, 4.69) is 19.4 Å². The van der Waals surface area contributed by atoms with E-state index in [1.165, 1.54) is 17.2 Å². The first kappa shape index (κ1) is 29.3. The normalized spacial score (nSPS) is 21.3. The number of rotatable bonds is 9. The molecule has 2 aliphatic heterocycles. The summed E-state index contributed by atoms with van der Waals surface area (Å²) in [6.45, 7) is 2.02. The van der Waals surface area contributed by atoms with Gasteiger partial charge in [-0.1, -0.05) is 6.07 Å². The highest BCUT2D eigenvalue weighted by Gasteiger charge is 2.49. The third kappa shape index (κ3) is 6.92. The monoisotopic (exact) mass is 584 g/mol. The van der Waals surface area contributed by atoms with Crippen LogP contribution in [0, 0.1) is 0 Å². The fourth-order valence-corrected chi connectivity index (χ4v) is 5.37. The van der Waals surface area contributed by atoms with Crippen molar-refractivity contribution in [2.45, 2.75) is 49.6 Å². The second kappa shape index (κ2) is 11.1. The zero-order valence-corrected chi connectivity index (χ0v) is 21.6. The van der Waals surface area contributed by atoms with Crippen LogP contribution in [0.5, 0.6) is 5.75 Å². The van der Waals surface area contributed by atoms with E-state index < -0.39 is 46.2 Å². The minimum Gasteiger partial charge on any atom is -0.378 e. The first-order chi connectivity index (χ1) is 18.2. The molecule has 0 bridgehead atoms. The van der Waals surface area contributed by atoms with Crippen LogP contribution in [-0.4, -0.2) is 79.8 Å². The zero-order chi connectivity index (χ0) is 28.6. The van der Waals surface area contributed by atoms with Crippen LogP contribution >= 0.6 is 0 Å². The summed E-state index contributed by atoms with van der Waals surface area (Å²) in [5, 5.41) is 3.28. The van der Waals surface area contributed by atoms with Gasteiger partial charge in [-0.25, -0.2) is 0 Å². The van der Waals surface area contributed by atoms with Gasteiger partial charge in [0.2, 0.25) is 0 Å². The molecule has 2 aromatic rings. The number of halogens is 7. The second-order valence-electron chi connectivity index (χ2n) is 9.70. The highest BCUT2D eigenvalue weighted by Crippen LogP contribution is 2.41. The number of hydrogen-bond donors (Lipinski definition) is 1. The van der Waals surface area contributed by atoms with Crippen molar-refractivity contribution in [2.24, 2.45) is 0 Å². The van der Waals surface area contributed by atoms with Crippen molar-refractivity contribution in [3.63, 3.8) is 0 Å². The predicted octanol–water partition coefficient (Wildman–Crippen LogP) is 4.66. The van der Waals surface area contributed by atoms with Gasteiger partial charge in [0.1, 0.15) is 5.75 Å². The Bertz CT molecular complexity index is 1250. The van der Waals surface area contributed by atoms with E-state index in [4.69, 9.17) is 0 Å². The van der Waals surface area contributed by atoms with Crippen LogP contribution in [0.4, 0.5) is 36.4 Å². The highest BCUT2D eigenvalue weighted by atomic mass is 32.2. The Hall–Kier alpha value is -2.65. The molecule has 4 rings (SSSR count). The summed E-state index contributed by atoms with van der Waals surface area (Å²) >= 11 is 0. The fourth-order valence-electron chi connectivity index (χ4n) is 4.92. The van der Waals surface area contributed by atoms with E-state index in [0.717, 1.165) is 25.2 Å². The lowest BCUT2D eigenvalue weighted by molar-refractivity contribution is -0.155. The van der Waals surface area contributed by atoms with Gasteiger partial charge in [0.05, 0.1) is 42.9 Å². The van der Waals surface area contributed by atoms with E-state index in [0.29, 0.717) is 29.8 Å². The maximum atomic E-state index is 13.5. The van der Waals surface area contributed by atoms with E-state index >= 15 is 0 Å². The van der Waals surface area contributed by atoms with Crippen molar-refractivity contribution in [2.75, 3.05) is 38.2 Å². The lowest BCUT2D eigenvalue weighted by Crippen LogP contribution is -2.54. The van der Waals surface area contributed by atoms with Gasteiger partial charge in [0.15, 0.2) is 0 Å². The number of hydrogen-bond acceptors (Lipinski definition) is 7. The molecule has 0 saturated carbocycles. The van der Waals surface area contributed by atoms with Crippen molar-refractivity contribution >= 4 is 15.8 Å². The molecule has 1 fully saturated rings. The van der Waals surface area contributed by atoms with Gasteiger partial charge < -0.3 is 9.50 Å². The van der Waals surface area contributed by atoms with Gasteiger partial charge in [-0.05, 0) is 55.2 Å². The van der Waals surface area contributed by atoms with Crippen LogP contribution in [0.3, 0.4) is 0 Å². The maximum Gasteiger partial charge on any atom is 0.534 e. The predicted molar refractivity (Wildman–Crippen MR) is 128 cm³/mol. The lowest BCUT2D eigenvalue weighted by atomic mass is 9.86. The quantitative estimate of drug-likeness (QED) is 0.261. The molecule has 1 saturated heterocycles. The number of alkyl halides is 7. The number of benzene rings is 1. The van der Waals surface area contributed by atoms with E-state index in [1.807, 2.05) is 0 Å². The summed E-state index contributed by atoms with van der Waals surface area (Å²) in [5.41, 5.74) is -3.99. The number of anilines is 1. The van der Waals surface area contributed by atoms with Crippen LogP contribution in [0.1, 0.15) is 36.2 Å². The first-order valence-corrected chi connectivity index (χ1v) is 13.5. The molecule has 0 radical (unpaired) electrons. The molecule has 2 aliphatic rings. The van der Waals surface area contributed by atoms with Crippen molar-refractivity contribution < 1.29 is 43.3 Å². The molecule has 1 N–H and O–H groups in total. The van der Waals surface area contributed by atoms with Gasteiger partial charge in [0.25, 0.3) is 0 Å². The molecule has 2 atom stereocenters. The standard InChI is InChI=1S/C24H27F7N4O3S/c1-15-9-16-10-19(38-39(36,37)24(29,30)31)4-5-20(16)22(35(15)14-23(26,27)28)21-6-3-17(11-32-21)33-18-12-34(13-18)8-2-7-25/h3-6,10-11,15,18,22,33H,2,7-9,12-14H2,1H3/t15-,22?/m1/s1. The summed E-state index contributed by atoms with van der Waals surface area (Å²) in [4.78, 5) is 7.70. The Balaban J connectivity index is 1.59. The molecule has 1 unspecified atom stereocenters. The van der Waals surface area contributed by atoms with Gasteiger partial charge in [-0.3, -0.25) is 19.2 Å². The average Bonchev–Trinajstić information content (AvgIpc) is 2.80. The summed E-state index contributed by atoms with van der Waals surface area (Å²) in [6.07, 6.45) is -2.55. The van der Waals surface area contributed by atoms with Gasteiger partial charge in [-0.15, -0.1) is 0 Å². The van der Waals surface area contributed by atoms with Crippen molar-refractivity contribution in [3.8, 4) is 5.75 Å². The molecule has 1 aromatic heterocycles. The number of nitrogens with one attached hydrogen (secondary N) is 1. The first-order valence-electron chi connectivity index (χ1n) is 12.1. The average molecular weight is 585 g/mol. The van der Waals surface area contributed by atoms with Crippen LogP contribution < -0.4 is 9.50 Å². The molecule has 0 amide bonds.